The van der Waals surface area contributed by atoms with Crippen LogP contribution >= 0.6 is 15.9 Å². The summed E-state index contributed by atoms with van der Waals surface area (Å²) in [4.78, 5) is 18.4. The molecule has 1 aliphatic heterocycles. The van der Waals surface area contributed by atoms with Crippen molar-refractivity contribution in [1.82, 2.24) is 10.3 Å². The second-order valence-corrected chi connectivity index (χ2v) is 5.00. The number of aromatic nitrogens is 1. The molecule has 17 heavy (non-hydrogen) atoms. The third kappa shape index (κ3) is 2.44. The maximum Gasteiger partial charge on any atom is 0.242 e. The Hall–Kier alpha value is -1.10. The van der Waals surface area contributed by atoms with Crippen LogP contribution in [-0.2, 0) is 4.79 Å². The maximum atomic E-state index is 11.8. The largest absolute Gasteiger partial charge is 0.353 e. The molecule has 1 saturated heterocycles. The van der Waals surface area contributed by atoms with Crippen molar-refractivity contribution in [2.75, 3.05) is 18.0 Å². The van der Waals surface area contributed by atoms with Crippen LogP contribution in [-0.4, -0.2) is 30.0 Å². The molecule has 1 amide bonds. The van der Waals surface area contributed by atoms with Crippen molar-refractivity contribution in [1.29, 1.82) is 0 Å². The molecule has 0 bridgehead atoms. The zero-order valence-electron chi connectivity index (χ0n) is 10.0. The normalized spacial score (nSPS) is 20.3. The van der Waals surface area contributed by atoms with E-state index in [9.17, 15) is 4.79 Å². The van der Waals surface area contributed by atoms with Gasteiger partial charge in [-0.2, -0.15) is 0 Å². The number of nitrogens with zero attached hydrogens (tertiary/aromatic N) is 2. The van der Waals surface area contributed by atoms with Crippen LogP contribution in [0.15, 0.2) is 16.6 Å². The van der Waals surface area contributed by atoms with Crippen LogP contribution in [0.3, 0.4) is 0 Å². The first-order chi connectivity index (χ1) is 8.13. The van der Waals surface area contributed by atoms with E-state index in [1.807, 2.05) is 26.0 Å². The van der Waals surface area contributed by atoms with Crippen molar-refractivity contribution in [2.45, 2.75) is 26.3 Å². The SMILES string of the molecule is CCC1C(=O)NCCN1c1ccc(Br)c(C)n1. The number of carbonyl (C=O) groups excluding carboxylic acids is 1. The minimum absolute atomic E-state index is 0.0983. The molecule has 2 rings (SSSR count). The fourth-order valence-electron chi connectivity index (χ4n) is 2.09. The molecule has 1 N–H and O–H groups in total. The van der Waals surface area contributed by atoms with E-state index in [2.05, 4.69) is 31.1 Å². The molecule has 2 heterocycles. The number of hydrogen-bond acceptors (Lipinski definition) is 3. The van der Waals surface area contributed by atoms with Crippen LogP contribution in [0.4, 0.5) is 5.82 Å². The van der Waals surface area contributed by atoms with E-state index in [-0.39, 0.29) is 11.9 Å². The molecule has 0 spiro atoms. The van der Waals surface area contributed by atoms with E-state index in [1.165, 1.54) is 0 Å². The van der Waals surface area contributed by atoms with E-state index in [0.717, 1.165) is 29.0 Å². The summed E-state index contributed by atoms with van der Waals surface area (Å²) < 4.78 is 0.996. The first-order valence-corrected chi connectivity index (χ1v) is 6.60. The average Bonchev–Trinajstić information content (AvgIpc) is 2.32. The summed E-state index contributed by atoms with van der Waals surface area (Å²) in [5.74, 6) is 0.980. The minimum atomic E-state index is -0.100. The molecule has 4 nitrogen and oxygen atoms in total. The number of halogens is 1. The van der Waals surface area contributed by atoms with Crippen molar-refractivity contribution in [3.05, 3.63) is 22.3 Å². The number of amides is 1. The summed E-state index contributed by atoms with van der Waals surface area (Å²) in [6.45, 7) is 5.48. The third-order valence-electron chi connectivity index (χ3n) is 3.02. The van der Waals surface area contributed by atoms with Gasteiger partial charge in [-0.1, -0.05) is 6.92 Å². The summed E-state index contributed by atoms with van der Waals surface area (Å²) in [7, 11) is 0. The number of aryl methyl sites for hydroxylation is 1. The van der Waals surface area contributed by atoms with Gasteiger partial charge in [-0.05, 0) is 41.4 Å². The third-order valence-corrected chi connectivity index (χ3v) is 3.86. The predicted octanol–water partition coefficient (Wildman–Crippen LogP) is 1.87. The zero-order valence-corrected chi connectivity index (χ0v) is 11.6. The van der Waals surface area contributed by atoms with Crippen LogP contribution in [0.5, 0.6) is 0 Å². The lowest BCUT2D eigenvalue weighted by atomic mass is 10.1. The van der Waals surface area contributed by atoms with Crippen molar-refractivity contribution in [2.24, 2.45) is 0 Å². The highest BCUT2D eigenvalue weighted by Gasteiger charge is 2.28. The van der Waals surface area contributed by atoms with E-state index >= 15 is 0 Å². The van der Waals surface area contributed by atoms with Gasteiger partial charge in [0.2, 0.25) is 5.91 Å². The Balaban J connectivity index is 2.30. The predicted molar refractivity (Wildman–Crippen MR) is 71.1 cm³/mol. The highest BCUT2D eigenvalue weighted by molar-refractivity contribution is 9.10. The molecule has 1 aromatic heterocycles. The molecular formula is C12H16BrN3O. The molecule has 0 saturated carbocycles. The highest BCUT2D eigenvalue weighted by atomic mass is 79.9. The minimum Gasteiger partial charge on any atom is -0.353 e. The standard InChI is InChI=1S/C12H16BrN3O/c1-3-10-12(17)14-6-7-16(10)11-5-4-9(13)8(2)15-11/h4-5,10H,3,6-7H2,1-2H3,(H,14,17). The van der Waals surface area contributed by atoms with Gasteiger partial charge in [-0.25, -0.2) is 4.98 Å². The molecule has 1 fully saturated rings. The van der Waals surface area contributed by atoms with Crippen molar-refractivity contribution >= 4 is 27.7 Å². The summed E-state index contributed by atoms with van der Waals surface area (Å²) in [5.41, 5.74) is 0.948. The monoisotopic (exact) mass is 297 g/mol. The zero-order chi connectivity index (χ0) is 12.4. The first kappa shape index (κ1) is 12.4. The van der Waals surface area contributed by atoms with Crippen LogP contribution in [0, 0.1) is 6.92 Å². The van der Waals surface area contributed by atoms with E-state index < -0.39 is 0 Å². The van der Waals surface area contributed by atoms with Crippen molar-refractivity contribution < 1.29 is 4.79 Å². The van der Waals surface area contributed by atoms with Crippen LogP contribution < -0.4 is 10.2 Å². The first-order valence-electron chi connectivity index (χ1n) is 5.81. The quantitative estimate of drug-likeness (QED) is 0.906. The van der Waals surface area contributed by atoms with Crippen LogP contribution in [0.1, 0.15) is 19.0 Å². The van der Waals surface area contributed by atoms with E-state index in [4.69, 9.17) is 0 Å². The average molecular weight is 298 g/mol. The molecule has 0 aromatic carbocycles. The summed E-state index contributed by atoms with van der Waals surface area (Å²) >= 11 is 3.44. The second-order valence-electron chi connectivity index (χ2n) is 4.15. The fraction of sp³-hybridized carbons (Fsp3) is 0.500. The number of carbonyl (C=O) groups is 1. The van der Waals surface area contributed by atoms with Gasteiger partial charge in [-0.15, -0.1) is 0 Å². The molecule has 1 aliphatic rings. The Morgan fingerprint density at radius 2 is 2.35 bits per heavy atom. The molecule has 0 radical (unpaired) electrons. The molecule has 1 atom stereocenters. The Morgan fingerprint density at radius 1 is 1.59 bits per heavy atom. The number of rotatable bonds is 2. The van der Waals surface area contributed by atoms with Crippen LogP contribution in [0.25, 0.3) is 0 Å². The van der Waals surface area contributed by atoms with Gasteiger partial charge in [0.15, 0.2) is 0 Å². The van der Waals surface area contributed by atoms with Crippen molar-refractivity contribution in [3.8, 4) is 0 Å². The summed E-state index contributed by atoms with van der Waals surface area (Å²) in [6.07, 6.45) is 0.794. The molecule has 5 heteroatoms. The van der Waals surface area contributed by atoms with Gasteiger partial charge in [0.25, 0.3) is 0 Å². The highest BCUT2D eigenvalue weighted by Crippen LogP contribution is 2.22. The summed E-state index contributed by atoms with van der Waals surface area (Å²) in [5, 5.41) is 2.89. The maximum absolute atomic E-state index is 11.8. The fourth-order valence-corrected chi connectivity index (χ4v) is 2.31. The lowest BCUT2D eigenvalue weighted by Gasteiger charge is -2.35. The Kier molecular flexibility index (Phi) is 3.66. The molecule has 92 valence electrons. The Labute approximate surface area is 110 Å². The van der Waals surface area contributed by atoms with Crippen LogP contribution in [0.2, 0.25) is 0 Å². The molecule has 1 aromatic rings. The molecule has 1 unspecified atom stereocenters. The lowest BCUT2D eigenvalue weighted by molar-refractivity contribution is -0.123. The number of hydrogen-bond donors (Lipinski definition) is 1. The van der Waals surface area contributed by atoms with Gasteiger partial charge in [0.1, 0.15) is 11.9 Å². The Morgan fingerprint density at radius 3 is 3.00 bits per heavy atom. The second kappa shape index (κ2) is 5.04. The van der Waals surface area contributed by atoms with Gasteiger partial charge >= 0.3 is 0 Å². The smallest absolute Gasteiger partial charge is 0.242 e. The molecule has 0 aliphatic carbocycles. The van der Waals surface area contributed by atoms with E-state index in [1.54, 1.807) is 0 Å². The van der Waals surface area contributed by atoms with Gasteiger partial charge < -0.3 is 10.2 Å². The topological polar surface area (TPSA) is 45.2 Å². The summed E-state index contributed by atoms with van der Waals surface area (Å²) in [6, 6.07) is 3.84. The molecular weight excluding hydrogens is 282 g/mol. The van der Waals surface area contributed by atoms with Gasteiger partial charge in [-0.3, -0.25) is 4.79 Å². The number of anilines is 1. The van der Waals surface area contributed by atoms with E-state index in [0.29, 0.717) is 6.54 Å². The Bertz CT molecular complexity index is 436. The van der Waals surface area contributed by atoms with Gasteiger partial charge in [0.05, 0.1) is 5.69 Å². The number of piperazine rings is 1. The lowest BCUT2D eigenvalue weighted by Crippen LogP contribution is -2.55. The van der Waals surface area contributed by atoms with Gasteiger partial charge in [0, 0.05) is 17.6 Å². The van der Waals surface area contributed by atoms with Crippen molar-refractivity contribution in [3.63, 3.8) is 0 Å². The number of pyridine rings is 1. The number of nitrogens with one attached hydrogen (secondary N) is 1.